The van der Waals surface area contributed by atoms with Crippen LogP contribution in [0.1, 0.15) is 18.9 Å². The smallest absolute Gasteiger partial charge is 0.237 e. The normalized spacial score (nSPS) is 11.8. The van der Waals surface area contributed by atoms with E-state index in [9.17, 15) is 4.79 Å². The number of halogens is 1. The van der Waals surface area contributed by atoms with Crippen LogP contribution in [0.25, 0.3) is 0 Å². The Hall–Kier alpha value is -1.65. The number of nitrogens with one attached hydrogen (secondary N) is 1. The molecule has 0 saturated carbocycles. The second-order valence-electron chi connectivity index (χ2n) is 5.17. The fourth-order valence-corrected chi connectivity index (χ4v) is 3.28. The molecule has 3 nitrogen and oxygen atoms in total. The SMILES string of the molecule is CCC(Sc1ccc(C)cc1)C(=O)Nc1ccc(OC)c(Cl)c1. The number of hydrogen-bond donors (Lipinski definition) is 1. The summed E-state index contributed by atoms with van der Waals surface area (Å²) in [5, 5.41) is 3.24. The highest BCUT2D eigenvalue weighted by Crippen LogP contribution is 2.29. The van der Waals surface area contributed by atoms with E-state index in [1.165, 1.54) is 5.56 Å². The summed E-state index contributed by atoms with van der Waals surface area (Å²) < 4.78 is 5.11. The van der Waals surface area contributed by atoms with Gasteiger partial charge in [0.15, 0.2) is 0 Å². The van der Waals surface area contributed by atoms with E-state index in [0.29, 0.717) is 16.5 Å². The lowest BCUT2D eigenvalue weighted by Gasteiger charge is -2.15. The van der Waals surface area contributed by atoms with Crippen molar-refractivity contribution < 1.29 is 9.53 Å². The first-order valence-electron chi connectivity index (χ1n) is 7.41. The van der Waals surface area contributed by atoms with E-state index in [4.69, 9.17) is 16.3 Å². The Labute approximate surface area is 146 Å². The minimum atomic E-state index is -0.154. The first-order chi connectivity index (χ1) is 11.0. The van der Waals surface area contributed by atoms with Crippen LogP contribution in [0, 0.1) is 6.92 Å². The number of carbonyl (C=O) groups excluding carboxylic acids is 1. The average Bonchev–Trinajstić information content (AvgIpc) is 2.54. The molecule has 0 aliphatic carbocycles. The van der Waals surface area contributed by atoms with Crippen LogP contribution in [0.4, 0.5) is 5.69 Å². The molecule has 1 unspecified atom stereocenters. The molecule has 0 saturated heterocycles. The molecule has 0 aromatic heterocycles. The first kappa shape index (κ1) is 17.7. The van der Waals surface area contributed by atoms with E-state index in [2.05, 4.69) is 17.4 Å². The molecule has 0 radical (unpaired) electrons. The molecule has 0 fully saturated rings. The third-order valence-corrected chi connectivity index (χ3v) is 5.05. The van der Waals surface area contributed by atoms with Crippen LogP contribution in [0.3, 0.4) is 0 Å². The summed E-state index contributed by atoms with van der Waals surface area (Å²) in [6.45, 7) is 4.05. The molecule has 2 rings (SSSR count). The lowest BCUT2D eigenvalue weighted by molar-refractivity contribution is -0.115. The van der Waals surface area contributed by atoms with Gasteiger partial charge < -0.3 is 10.1 Å². The molecule has 0 aliphatic heterocycles. The van der Waals surface area contributed by atoms with Crippen molar-refractivity contribution in [3.8, 4) is 5.75 Å². The molecule has 0 aliphatic rings. The molecule has 0 spiro atoms. The van der Waals surface area contributed by atoms with Crippen LogP contribution < -0.4 is 10.1 Å². The highest BCUT2D eigenvalue weighted by atomic mass is 35.5. The van der Waals surface area contributed by atoms with Gasteiger partial charge >= 0.3 is 0 Å². The lowest BCUT2D eigenvalue weighted by Crippen LogP contribution is -2.24. The van der Waals surface area contributed by atoms with Crippen molar-refractivity contribution >= 4 is 35.0 Å². The van der Waals surface area contributed by atoms with Gasteiger partial charge in [-0.1, -0.05) is 36.2 Å². The minimum Gasteiger partial charge on any atom is -0.495 e. The molecule has 0 bridgehead atoms. The predicted octanol–water partition coefficient (Wildman–Crippen LogP) is 5.17. The van der Waals surface area contributed by atoms with Gasteiger partial charge in [-0.05, 0) is 43.7 Å². The molecule has 2 aromatic rings. The van der Waals surface area contributed by atoms with Gasteiger partial charge in [0.25, 0.3) is 0 Å². The molecule has 1 atom stereocenters. The van der Waals surface area contributed by atoms with Crippen molar-refractivity contribution in [1.29, 1.82) is 0 Å². The van der Waals surface area contributed by atoms with Gasteiger partial charge in [0.2, 0.25) is 5.91 Å². The Balaban J connectivity index is 2.04. The monoisotopic (exact) mass is 349 g/mol. The Morgan fingerprint density at radius 1 is 1.26 bits per heavy atom. The number of amides is 1. The van der Waals surface area contributed by atoms with E-state index in [-0.39, 0.29) is 11.2 Å². The molecular formula is C18H20ClNO2S. The summed E-state index contributed by atoms with van der Waals surface area (Å²) in [7, 11) is 1.56. The fourth-order valence-electron chi connectivity index (χ4n) is 2.07. The quantitative estimate of drug-likeness (QED) is 0.731. The summed E-state index contributed by atoms with van der Waals surface area (Å²) in [5.41, 5.74) is 1.88. The van der Waals surface area contributed by atoms with Crippen LogP contribution in [-0.2, 0) is 4.79 Å². The number of benzene rings is 2. The number of rotatable bonds is 6. The molecular weight excluding hydrogens is 330 g/mol. The van der Waals surface area contributed by atoms with Gasteiger partial charge in [0.05, 0.1) is 17.4 Å². The summed E-state index contributed by atoms with van der Waals surface area (Å²) in [5.74, 6) is 0.560. The molecule has 23 heavy (non-hydrogen) atoms. The molecule has 5 heteroatoms. The predicted molar refractivity (Wildman–Crippen MR) is 97.7 cm³/mol. The van der Waals surface area contributed by atoms with Gasteiger partial charge in [0.1, 0.15) is 5.75 Å². The molecule has 0 heterocycles. The largest absolute Gasteiger partial charge is 0.495 e. The summed E-state index contributed by atoms with van der Waals surface area (Å²) in [6, 6.07) is 13.4. The topological polar surface area (TPSA) is 38.3 Å². The van der Waals surface area contributed by atoms with Gasteiger partial charge in [-0.15, -0.1) is 11.8 Å². The fraction of sp³-hybridized carbons (Fsp3) is 0.278. The zero-order chi connectivity index (χ0) is 16.8. The van der Waals surface area contributed by atoms with Gasteiger partial charge in [-0.2, -0.15) is 0 Å². The van der Waals surface area contributed by atoms with Gasteiger partial charge in [-0.25, -0.2) is 0 Å². The summed E-state index contributed by atoms with van der Waals surface area (Å²) >= 11 is 7.66. The molecule has 1 N–H and O–H groups in total. The van der Waals surface area contributed by atoms with E-state index in [0.717, 1.165) is 11.3 Å². The van der Waals surface area contributed by atoms with E-state index in [1.54, 1.807) is 37.1 Å². The summed E-state index contributed by atoms with van der Waals surface area (Å²) in [4.78, 5) is 13.6. The number of anilines is 1. The highest BCUT2D eigenvalue weighted by molar-refractivity contribution is 8.00. The van der Waals surface area contributed by atoms with Crippen LogP contribution in [-0.4, -0.2) is 18.3 Å². The van der Waals surface area contributed by atoms with Crippen LogP contribution in [0.2, 0.25) is 5.02 Å². The Kier molecular flexibility index (Phi) is 6.37. The molecule has 2 aromatic carbocycles. The number of aryl methyl sites for hydroxylation is 1. The van der Waals surface area contributed by atoms with Crippen molar-refractivity contribution in [3.63, 3.8) is 0 Å². The van der Waals surface area contributed by atoms with E-state index >= 15 is 0 Å². The first-order valence-corrected chi connectivity index (χ1v) is 8.67. The maximum absolute atomic E-state index is 12.5. The van der Waals surface area contributed by atoms with E-state index < -0.39 is 0 Å². The second-order valence-corrected chi connectivity index (χ2v) is 6.85. The number of thioether (sulfide) groups is 1. The minimum absolute atomic E-state index is 0.0284. The van der Waals surface area contributed by atoms with Gasteiger partial charge in [0, 0.05) is 10.6 Å². The second kappa shape index (κ2) is 8.27. The zero-order valence-corrected chi connectivity index (χ0v) is 15.0. The van der Waals surface area contributed by atoms with Crippen molar-refractivity contribution in [1.82, 2.24) is 0 Å². The number of hydrogen-bond acceptors (Lipinski definition) is 3. The third-order valence-electron chi connectivity index (χ3n) is 3.38. The number of carbonyl (C=O) groups is 1. The van der Waals surface area contributed by atoms with Crippen LogP contribution >= 0.6 is 23.4 Å². The van der Waals surface area contributed by atoms with Crippen molar-refractivity contribution in [2.45, 2.75) is 30.4 Å². The average molecular weight is 350 g/mol. The van der Waals surface area contributed by atoms with Crippen LogP contribution in [0.5, 0.6) is 5.75 Å². The van der Waals surface area contributed by atoms with Crippen LogP contribution in [0.15, 0.2) is 47.4 Å². The van der Waals surface area contributed by atoms with Crippen molar-refractivity contribution in [3.05, 3.63) is 53.1 Å². The maximum Gasteiger partial charge on any atom is 0.237 e. The molecule has 1 amide bonds. The molecule has 122 valence electrons. The third kappa shape index (κ3) is 4.91. The standard InChI is InChI=1S/C18H20ClNO2S/c1-4-17(23-14-8-5-12(2)6-9-14)18(21)20-13-7-10-16(22-3)15(19)11-13/h5-11,17H,4H2,1-3H3,(H,20,21). The Bertz CT molecular complexity index is 673. The zero-order valence-electron chi connectivity index (χ0n) is 13.4. The maximum atomic E-state index is 12.5. The Morgan fingerprint density at radius 2 is 1.96 bits per heavy atom. The highest BCUT2D eigenvalue weighted by Gasteiger charge is 2.18. The number of ether oxygens (including phenoxy) is 1. The Morgan fingerprint density at radius 3 is 2.52 bits per heavy atom. The summed E-state index contributed by atoms with van der Waals surface area (Å²) in [6.07, 6.45) is 0.744. The lowest BCUT2D eigenvalue weighted by atomic mass is 10.2. The van der Waals surface area contributed by atoms with Crippen molar-refractivity contribution in [2.75, 3.05) is 12.4 Å². The number of methoxy groups -OCH3 is 1. The van der Waals surface area contributed by atoms with Crippen molar-refractivity contribution in [2.24, 2.45) is 0 Å². The van der Waals surface area contributed by atoms with E-state index in [1.807, 2.05) is 26.0 Å². The van der Waals surface area contributed by atoms with Gasteiger partial charge in [-0.3, -0.25) is 4.79 Å².